The van der Waals surface area contributed by atoms with Crippen molar-refractivity contribution in [3.8, 4) is 0 Å². The fourth-order valence-corrected chi connectivity index (χ4v) is 8.32. The third-order valence-corrected chi connectivity index (χ3v) is 10.6. The minimum absolute atomic E-state index is 0.0646. The number of carbonyl (C=O) groups is 4. The number of nitrogens with one attached hydrogen (secondary N) is 1. The highest BCUT2D eigenvalue weighted by molar-refractivity contribution is 5.94. The molecule has 238 valence electrons. The first-order valence-corrected chi connectivity index (χ1v) is 14.8. The molecule has 4 aliphatic rings. The quantitative estimate of drug-likeness (QED) is 0.0977. The summed E-state index contributed by atoms with van der Waals surface area (Å²) in [5.41, 5.74) is -5.85. The van der Waals surface area contributed by atoms with Gasteiger partial charge in [-0.3, -0.25) is 19.2 Å². The molecule has 0 aliphatic heterocycles. The second-order valence-corrected chi connectivity index (χ2v) is 12.9. The van der Waals surface area contributed by atoms with Crippen LogP contribution in [0.4, 0.5) is 4.39 Å². The average molecular weight is 609 g/mol. The monoisotopic (exact) mass is 608 g/mol. The lowest BCUT2D eigenvalue weighted by molar-refractivity contribution is -0.757. The second kappa shape index (κ2) is 12.1. The molecule has 13 heteroatoms. The molecule has 4 rings (SSSR count). The molecule has 0 aromatic heterocycles. The highest BCUT2D eigenvalue weighted by atomic mass is 19.1. The normalized spacial score (nSPS) is 37.8. The van der Waals surface area contributed by atoms with Crippen LogP contribution < -0.4 is 5.32 Å². The third-order valence-electron chi connectivity index (χ3n) is 10.6. The summed E-state index contributed by atoms with van der Waals surface area (Å²) in [6, 6.07) is 0. The second-order valence-electron chi connectivity index (χ2n) is 12.9. The van der Waals surface area contributed by atoms with E-state index in [1.165, 1.54) is 6.08 Å². The summed E-state index contributed by atoms with van der Waals surface area (Å²) < 4.78 is 22.4. The van der Waals surface area contributed by atoms with Crippen LogP contribution in [0.3, 0.4) is 0 Å². The molecule has 0 bridgehead atoms. The summed E-state index contributed by atoms with van der Waals surface area (Å²) in [5.74, 6) is -3.97. The zero-order valence-electron chi connectivity index (χ0n) is 24.8. The van der Waals surface area contributed by atoms with E-state index in [1.54, 1.807) is 26.8 Å². The minimum atomic E-state index is -2.10. The fourth-order valence-electron chi connectivity index (χ4n) is 8.32. The van der Waals surface area contributed by atoms with E-state index in [-0.39, 0.29) is 38.1 Å². The summed E-state index contributed by atoms with van der Waals surface area (Å²) in [6.07, 6.45) is 5.19. The maximum absolute atomic E-state index is 17.3. The topological polar surface area (TPSA) is 182 Å². The average Bonchev–Trinajstić information content (AvgIpc) is 3.14. The molecule has 2 saturated carbocycles. The summed E-state index contributed by atoms with van der Waals surface area (Å²) in [5, 5.41) is 35.0. The summed E-state index contributed by atoms with van der Waals surface area (Å²) in [6.45, 7) is 3.79. The van der Waals surface area contributed by atoms with Crippen LogP contribution in [0.15, 0.2) is 23.8 Å². The maximum atomic E-state index is 17.3. The molecule has 4 aliphatic carbocycles. The van der Waals surface area contributed by atoms with Gasteiger partial charge in [-0.25, -0.2) is 4.39 Å². The number of fused-ring (bicyclic) bond motifs is 5. The van der Waals surface area contributed by atoms with Gasteiger partial charge in [0.2, 0.25) is 11.7 Å². The smallest absolute Gasteiger partial charge is 0.325 e. The van der Waals surface area contributed by atoms with Gasteiger partial charge in [0.1, 0.15) is 12.1 Å². The molecular weight excluding hydrogens is 567 g/mol. The van der Waals surface area contributed by atoms with E-state index in [0.29, 0.717) is 31.3 Å². The number of hydrogen-bond acceptors (Lipinski definition) is 10. The maximum Gasteiger partial charge on any atom is 0.325 e. The number of halogens is 1. The molecule has 0 spiro atoms. The van der Waals surface area contributed by atoms with Crippen LogP contribution in [0.1, 0.15) is 72.1 Å². The molecule has 0 unspecified atom stereocenters. The first-order valence-electron chi connectivity index (χ1n) is 14.8. The van der Waals surface area contributed by atoms with Gasteiger partial charge in [0, 0.05) is 29.6 Å². The van der Waals surface area contributed by atoms with Gasteiger partial charge < -0.3 is 25.1 Å². The van der Waals surface area contributed by atoms with E-state index in [9.17, 15) is 39.5 Å². The summed E-state index contributed by atoms with van der Waals surface area (Å²) in [7, 11) is 0. The van der Waals surface area contributed by atoms with Crippen molar-refractivity contribution in [2.45, 2.75) is 89.5 Å². The Bertz CT molecular complexity index is 1240. The highest BCUT2D eigenvalue weighted by Crippen LogP contribution is 2.70. The molecule has 3 N–H and O–H groups in total. The number of aliphatic hydroxyl groups excluding tert-OH is 1. The van der Waals surface area contributed by atoms with E-state index in [0.717, 1.165) is 0 Å². The van der Waals surface area contributed by atoms with E-state index in [2.05, 4.69) is 10.2 Å². The van der Waals surface area contributed by atoms with Crippen LogP contribution in [-0.4, -0.2) is 75.9 Å². The Labute approximate surface area is 249 Å². The van der Waals surface area contributed by atoms with Gasteiger partial charge in [0.15, 0.2) is 18.1 Å². The minimum Gasteiger partial charge on any atom is -0.456 e. The number of esters is 1. The number of carbonyl (C=O) groups excluding carboxylic acids is 4. The van der Waals surface area contributed by atoms with E-state index in [1.807, 2.05) is 6.08 Å². The van der Waals surface area contributed by atoms with Gasteiger partial charge in [-0.05, 0) is 56.9 Å². The number of amides is 1. The molecule has 2 fully saturated rings. The van der Waals surface area contributed by atoms with Crippen molar-refractivity contribution in [1.29, 1.82) is 0 Å². The Morgan fingerprint density at radius 2 is 1.93 bits per heavy atom. The van der Waals surface area contributed by atoms with Crippen molar-refractivity contribution in [2.75, 3.05) is 19.8 Å². The van der Waals surface area contributed by atoms with Crippen molar-refractivity contribution in [3.63, 3.8) is 0 Å². The number of Topliss-reactive ketones (excluding diaryl/α,β-unsaturated/α-hetero) is 1. The first-order chi connectivity index (χ1) is 20.1. The summed E-state index contributed by atoms with van der Waals surface area (Å²) >= 11 is 0. The Hall–Kier alpha value is -3.19. The number of rotatable bonds is 12. The number of nitrogens with zero attached hydrogens (tertiary/aromatic N) is 1. The Morgan fingerprint density at radius 3 is 2.63 bits per heavy atom. The first kappa shape index (κ1) is 32.7. The molecule has 1 amide bonds. The molecule has 0 aromatic carbocycles. The SMILES string of the molecule is C[C@@H]1C[C@H]2[C@@H]3CC=C4CC(=O)C=C[C@]4(C)[C@@]3(F)[C@@H](O)C[C@]2(C)[C@@]1(O)C(=O)COC(=O)CNC(=O)CCCCCO[N+](=O)[O-]. The van der Waals surface area contributed by atoms with E-state index < -0.39 is 81.9 Å². The molecule has 43 heavy (non-hydrogen) atoms. The Kier molecular flexibility index (Phi) is 9.18. The predicted octanol–water partition coefficient (Wildman–Crippen LogP) is 2.33. The number of ether oxygens (including phenoxy) is 1. The molecule has 0 heterocycles. The number of alkyl halides is 1. The largest absolute Gasteiger partial charge is 0.456 e. The van der Waals surface area contributed by atoms with Crippen molar-refractivity contribution < 1.29 is 48.4 Å². The van der Waals surface area contributed by atoms with Gasteiger partial charge in [-0.2, -0.15) is 0 Å². The van der Waals surface area contributed by atoms with Crippen LogP contribution in [0.5, 0.6) is 0 Å². The fraction of sp³-hybridized carbons (Fsp3) is 0.733. The standard InChI is InChI=1S/C30H41FN2O10/c1-18-13-22-21-9-8-19-14-20(34)10-11-27(19,2)29(21,31)23(35)15-28(22,3)30(18,39)24(36)17-42-26(38)16-32-25(37)7-5-4-6-12-43-33(40)41/h8,10-11,18,21-23,35,39H,4-7,9,12-17H2,1-3H3,(H,32,37)/t18-,21+,22+,23+,27+,28+,29+,30+/m1/s1. The molecule has 0 radical (unpaired) electrons. The predicted molar refractivity (Wildman–Crippen MR) is 148 cm³/mol. The van der Waals surface area contributed by atoms with Crippen molar-refractivity contribution >= 4 is 23.4 Å². The number of ketones is 2. The lowest BCUT2D eigenvalue weighted by Gasteiger charge is -2.62. The van der Waals surface area contributed by atoms with Crippen LogP contribution in [0, 0.1) is 38.7 Å². The van der Waals surface area contributed by atoms with Crippen molar-refractivity contribution in [1.82, 2.24) is 5.32 Å². The van der Waals surface area contributed by atoms with Gasteiger partial charge in [-0.15, -0.1) is 10.1 Å². The zero-order chi connectivity index (χ0) is 31.8. The van der Waals surface area contributed by atoms with Crippen LogP contribution >= 0.6 is 0 Å². The van der Waals surface area contributed by atoms with Crippen molar-refractivity contribution in [3.05, 3.63) is 33.9 Å². The number of allylic oxidation sites excluding steroid dienone is 4. The zero-order valence-corrected chi connectivity index (χ0v) is 24.8. The van der Waals surface area contributed by atoms with Crippen LogP contribution in [0.25, 0.3) is 0 Å². The van der Waals surface area contributed by atoms with Gasteiger partial charge in [0.25, 0.3) is 5.09 Å². The molecule has 0 aromatic rings. The number of hydrogen-bond donors (Lipinski definition) is 3. The van der Waals surface area contributed by atoms with Crippen LogP contribution in [-0.2, 0) is 28.8 Å². The molecule has 8 atom stereocenters. The number of aliphatic hydroxyl groups is 2. The number of unbranched alkanes of at least 4 members (excludes halogenated alkanes) is 2. The highest BCUT2D eigenvalue weighted by Gasteiger charge is 2.75. The van der Waals surface area contributed by atoms with Crippen LogP contribution in [0.2, 0.25) is 0 Å². The molecule has 0 saturated heterocycles. The Balaban J connectivity index is 1.36. The van der Waals surface area contributed by atoms with E-state index >= 15 is 4.39 Å². The van der Waals surface area contributed by atoms with Gasteiger partial charge in [0.05, 0.1) is 12.7 Å². The van der Waals surface area contributed by atoms with Gasteiger partial charge in [-0.1, -0.05) is 38.0 Å². The van der Waals surface area contributed by atoms with E-state index in [4.69, 9.17) is 4.74 Å². The molecular formula is C30H41FN2O10. The molecule has 12 nitrogen and oxygen atoms in total. The lowest BCUT2D eigenvalue weighted by atomic mass is 9.45. The third kappa shape index (κ3) is 5.50. The lowest BCUT2D eigenvalue weighted by Crippen LogP contribution is -2.69. The van der Waals surface area contributed by atoms with Gasteiger partial charge >= 0.3 is 5.97 Å². The Morgan fingerprint density at radius 1 is 1.21 bits per heavy atom. The van der Waals surface area contributed by atoms with Crippen molar-refractivity contribution in [2.24, 2.45) is 28.6 Å². The summed E-state index contributed by atoms with van der Waals surface area (Å²) in [4.78, 5) is 64.2.